The van der Waals surface area contributed by atoms with Gasteiger partial charge in [0.25, 0.3) is 0 Å². The second kappa shape index (κ2) is 7.72. The fraction of sp³-hybridized carbons (Fsp3) is 0.462. The standard InChI is InChI=1S/C13H19N3O4S/c1-10-5-6-14-11(9-10)16-13(18)4-3-12(17)15-7-8-21(2,19)20/h5-6,9H,3-4,7-8H2,1-2H3,(H,15,17)(H,14,16,18). The number of nitrogens with zero attached hydrogens (tertiary/aromatic N) is 1. The zero-order chi connectivity index (χ0) is 15.9. The summed E-state index contributed by atoms with van der Waals surface area (Å²) in [5.41, 5.74) is 0.971. The number of aryl methyl sites for hydroxylation is 1. The highest BCUT2D eigenvalue weighted by Crippen LogP contribution is 2.06. The van der Waals surface area contributed by atoms with E-state index >= 15 is 0 Å². The maximum Gasteiger partial charge on any atom is 0.226 e. The maximum atomic E-state index is 11.6. The summed E-state index contributed by atoms with van der Waals surface area (Å²) in [7, 11) is -3.10. The maximum absolute atomic E-state index is 11.6. The van der Waals surface area contributed by atoms with E-state index in [1.54, 1.807) is 12.3 Å². The molecule has 8 heteroatoms. The van der Waals surface area contributed by atoms with Crippen LogP contribution in [-0.4, -0.2) is 43.8 Å². The van der Waals surface area contributed by atoms with E-state index in [1.165, 1.54) is 0 Å². The number of rotatable bonds is 7. The van der Waals surface area contributed by atoms with Gasteiger partial charge in [-0.3, -0.25) is 9.59 Å². The van der Waals surface area contributed by atoms with Crippen LogP contribution in [0.15, 0.2) is 18.3 Å². The van der Waals surface area contributed by atoms with Crippen LogP contribution in [-0.2, 0) is 19.4 Å². The number of hydrogen-bond donors (Lipinski definition) is 2. The number of amides is 2. The first-order valence-corrected chi connectivity index (χ1v) is 8.49. The Morgan fingerprint density at radius 2 is 1.90 bits per heavy atom. The van der Waals surface area contributed by atoms with Crippen molar-refractivity contribution in [2.45, 2.75) is 19.8 Å². The molecular weight excluding hydrogens is 294 g/mol. The van der Waals surface area contributed by atoms with Crippen LogP contribution in [0.3, 0.4) is 0 Å². The summed E-state index contributed by atoms with van der Waals surface area (Å²) < 4.78 is 21.8. The Morgan fingerprint density at radius 1 is 1.24 bits per heavy atom. The first kappa shape index (κ1) is 17.1. The predicted octanol–water partition coefficient (Wildman–Crippen LogP) is 0.270. The summed E-state index contributed by atoms with van der Waals surface area (Å²) in [5, 5.41) is 5.05. The summed E-state index contributed by atoms with van der Waals surface area (Å²) in [6, 6.07) is 3.54. The second-order valence-electron chi connectivity index (χ2n) is 4.75. The van der Waals surface area contributed by atoms with Crippen LogP contribution in [0.1, 0.15) is 18.4 Å². The third kappa shape index (κ3) is 8.03. The summed E-state index contributed by atoms with van der Waals surface area (Å²) in [4.78, 5) is 27.1. The molecule has 2 N–H and O–H groups in total. The molecule has 0 aliphatic carbocycles. The van der Waals surface area contributed by atoms with Gasteiger partial charge in [0.2, 0.25) is 11.8 Å². The van der Waals surface area contributed by atoms with Gasteiger partial charge in [0.15, 0.2) is 0 Å². The van der Waals surface area contributed by atoms with Crippen molar-refractivity contribution in [2.24, 2.45) is 0 Å². The van der Waals surface area contributed by atoms with Gasteiger partial charge in [-0.05, 0) is 24.6 Å². The molecule has 0 aliphatic rings. The van der Waals surface area contributed by atoms with Crippen LogP contribution in [0.5, 0.6) is 0 Å². The Balaban J connectivity index is 2.28. The third-order valence-electron chi connectivity index (χ3n) is 2.56. The minimum Gasteiger partial charge on any atom is -0.355 e. The molecular formula is C13H19N3O4S. The quantitative estimate of drug-likeness (QED) is 0.751. The number of carbonyl (C=O) groups is 2. The molecule has 0 atom stereocenters. The van der Waals surface area contributed by atoms with Gasteiger partial charge in [0.05, 0.1) is 5.75 Å². The van der Waals surface area contributed by atoms with Crippen molar-refractivity contribution in [3.63, 3.8) is 0 Å². The molecule has 0 spiro atoms. The summed E-state index contributed by atoms with van der Waals surface area (Å²) >= 11 is 0. The Kier molecular flexibility index (Phi) is 6.29. The van der Waals surface area contributed by atoms with Crippen molar-refractivity contribution in [3.05, 3.63) is 23.9 Å². The first-order chi connectivity index (χ1) is 9.76. The van der Waals surface area contributed by atoms with Crippen LogP contribution >= 0.6 is 0 Å². The number of anilines is 1. The topological polar surface area (TPSA) is 105 Å². The van der Waals surface area contributed by atoms with Crippen molar-refractivity contribution in [2.75, 3.05) is 23.9 Å². The van der Waals surface area contributed by atoms with Crippen molar-refractivity contribution in [1.82, 2.24) is 10.3 Å². The monoisotopic (exact) mass is 313 g/mol. The highest BCUT2D eigenvalue weighted by molar-refractivity contribution is 7.90. The lowest BCUT2D eigenvalue weighted by molar-refractivity contribution is -0.124. The van der Waals surface area contributed by atoms with Crippen LogP contribution in [0.4, 0.5) is 5.82 Å². The van der Waals surface area contributed by atoms with Crippen molar-refractivity contribution < 1.29 is 18.0 Å². The summed E-state index contributed by atoms with van der Waals surface area (Å²) in [6.45, 7) is 1.94. The highest BCUT2D eigenvalue weighted by Gasteiger charge is 2.09. The Hall–Kier alpha value is -1.96. The van der Waals surface area contributed by atoms with Gasteiger partial charge < -0.3 is 10.6 Å². The average molecular weight is 313 g/mol. The zero-order valence-electron chi connectivity index (χ0n) is 12.0. The van der Waals surface area contributed by atoms with E-state index in [1.807, 2.05) is 13.0 Å². The fourth-order valence-electron chi connectivity index (χ4n) is 1.50. The van der Waals surface area contributed by atoms with E-state index in [9.17, 15) is 18.0 Å². The van der Waals surface area contributed by atoms with Crippen LogP contribution < -0.4 is 10.6 Å². The fourth-order valence-corrected chi connectivity index (χ4v) is 1.97. The minimum atomic E-state index is -3.10. The van der Waals surface area contributed by atoms with Crippen LogP contribution in [0, 0.1) is 6.92 Å². The molecule has 2 amide bonds. The lowest BCUT2D eigenvalue weighted by Crippen LogP contribution is -2.29. The van der Waals surface area contributed by atoms with E-state index in [0.29, 0.717) is 5.82 Å². The molecule has 0 aliphatic heterocycles. The molecule has 0 fully saturated rings. The molecule has 21 heavy (non-hydrogen) atoms. The number of pyridine rings is 1. The summed E-state index contributed by atoms with van der Waals surface area (Å²) in [5.74, 6) is -0.340. The Morgan fingerprint density at radius 3 is 2.52 bits per heavy atom. The van der Waals surface area contributed by atoms with E-state index in [-0.39, 0.29) is 37.0 Å². The van der Waals surface area contributed by atoms with Gasteiger partial charge in [0, 0.05) is 31.8 Å². The van der Waals surface area contributed by atoms with E-state index < -0.39 is 9.84 Å². The molecule has 0 aromatic carbocycles. The Labute approximate surface area is 124 Å². The zero-order valence-corrected chi connectivity index (χ0v) is 12.9. The van der Waals surface area contributed by atoms with Gasteiger partial charge in [-0.25, -0.2) is 13.4 Å². The van der Waals surface area contributed by atoms with E-state index in [0.717, 1.165) is 11.8 Å². The summed E-state index contributed by atoms with van der Waals surface area (Å²) in [6.07, 6.45) is 2.70. The molecule has 0 saturated carbocycles. The van der Waals surface area contributed by atoms with Crippen LogP contribution in [0.25, 0.3) is 0 Å². The molecule has 1 rings (SSSR count). The number of nitrogens with one attached hydrogen (secondary N) is 2. The minimum absolute atomic E-state index is 0.00140. The van der Waals surface area contributed by atoms with Crippen LogP contribution in [0.2, 0.25) is 0 Å². The molecule has 0 radical (unpaired) electrons. The van der Waals surface area contributed by atoms with Crippen molar-refractivity contribution >= 4 is 27.5 Å². The number of sulfone groups is 1. The second-order valence-corrected chi connectivity index (χ2v) is 7.01. The lowest BCUT2D eigenvalue weighted by Gasteiger charge is -2.06. The van der Waals surface area contributed by atoms with Gasteiger partial charge in [-0.2, -0.15) is 0 Å². The van der Waals surface area contributed by atoms with E-state index in [4.69, 9.17) is 0 Å². The number of carbonyl (C=O) groups excluding carboxylic acids is 2. The van der Waals surface area contributed by atoms with E-state index in [2.05, 4.69) is 15.6 Å². The molecule has 0 saturated heterocycles. The molecule has 0 unspecified atom stereocenters. The number of aromatic nitrogens is 1. The molecule has 0 bridgehead atoms. The molecule has 1 aromatic heterocycles. The van der Waals surface area contributed by atoms with Gasteiger partial charge in [-0.15, -0.1) is 0 Å². The van der Waals surface area contributed by atoms with Crippen molar-refractivity contribution in [1.29, 1.82) is 0 Å². The van der Waals surface area contributed by atoms with Gasteiger partial charge >= 0.3 is 0 Å². The first-order valence-electron chi connectivity index (χ1n) is 6.43. The average Bonchev–Trinajstić information content (AvgIpc) is 2.35. The normalized spacial score (nSPS) is 11.0. The third-order valence-corrected chi connectivity index (χ3v) is 3.50. The van der Waals surface area contributed by atoms with Gasteiger partial charge in [0.1, 0.15) is 15.7 Å². The molecule has 7 nitrogen and oxygen atoms in total. The predicted molar refractivity (Wildman–Crippen MR) is 79.6 cm³/mol. The Bertz CT molecular complexity index is 614. The molecule has 116 valence electrons. The lowest BCUT2D eigenvalue weighted by atomic mass is 10.2. The SMILES string of the molecule is Cc1ccnc(NC(=O)CCC(=O)NCCS(C)(=O)=O)c1. The molecule has 1 heterocycles. The van der Waals surface area contributed by atoms with Crippen molar-refractivity contribution in [3.8, 4) is 0 Å². The number of hydrogen-bond acceptors (Lipinski definition) is 5. The van der Waals surface area contributed by atoms with Gasteiger partial charge in [-0.1, -0.05) is 0 Å². The largest absolute Gasteiger partial charge is 0.355 e. The molecule has 1 aromatic rings. The highest BCUT2D eigenvalue weighted by atomic mass is 32.2. The smallest absolute Gasteiger partial charge is 0.226 e.